The number of phenolic OH excluding ortho intramolecular Hbond substituents is 1. The second kappa shape index (κ2) is 8.27. The molecule has 0 radical (unpaired) electrons. The number of rotatable bonds is 3. The summed E-state index contributed by atoms with van der Waals surface area (Å²) < 4.78 is 2.42. The average molecular weight is 500 g/mol. The Labute approximate surface area is 215 Å². The van der Waals surface area contributed by atoms with Crippen LogP contribution in [0.25, 0.3) is 11.0 Å². The molecule has 1 fully saturated rings. The molecule has 36 heavy (non-hydrogen) atoms. The van der Waals surface area contributed by atoms with E-state index in [0.29, 0.717) is 21.3 Å². The van der Waals surface area contributed by atoms with Gasteiger partial charge >= 0.3 is 0 Å². The van der Waals surface area contributed by atoms with Crippen LogP contribution in [0.3, 0.4) is 0 Å². The largest absolute Gasteiger partial charge is 0.508 e. The van der Waals surface area contributed by atoms with Crippen LogP contribution in [-0.4, -0.2) is 19.7 Å². The Kier molecular flexibility index (Phi) is 5.38. The molecular formula is C30H33N3O2S. The van der Waals surface area contributed by atoms with Gasteiger partial charge in [-0.3, -0.25) is 4.79 Å². The lowest BCUT2D eigenvalue weighted by Gasteiger charge is -2.54. The van der Waals surface area contributed by atoms with Gasteiger partial charge in [-0.05, 0) is 83.4 Å². The predicted molar refractivity (Wildman–Crippen MR) is 145 cm³/mol. The molecule has 5 nitrogen and oxygen atoms in total. The molecule has 0 unspecified atom stereocenters. The molecule has 2 aromatic carbocycles. The maximum atomic E-state index is 13.6. The molecule has 1 N–H and O–H groups in total. The molecule has 2 aromatic heterocycles. The van der Waals surface area contributed by atoms with E-state index in [9.17, 15) is 9.90 Å². The first-order valence-corrected chi connectivity index (χ1v) is 13.8. The summed E-state index contributed by atoms with van der Waals surface area (Å²) in [4.78, 5) is 14.3. The molecule has 4 aromatic rings. The van der Waals surface area contributed by atoms with Gasteiger partial charge in [-0.15, -0.1) is 10.2 Å². The number of phenols is 1. The van der Waals surface area contributed by atoms with Crippen molar-refractivity contribution < 1.29 is 5.11 Å². The molecule has 2 aliphatic rings. The van der Waals surface area contributed by atoms with Crippen molar-refractivity contribution in [2.75, 3.05) is 0 Å². The zero-order chi connectivity index (χ0) is 25.2. The third-order valence-electron chi connectivity index (χ3n) is 8.99. The molecule has 1 saturated carbocycles. The summed E-state index contributed by atoms with van der Waals surface area (Å²) in [6.07, 6.45) is 7.33. The van der Waals surface area contributed by atoms with E-state index in [1.54, 1.807) is 16.5 Å². The first-order valence-electron chi connectivity index (χ1n) is 13.0. The molecule has 0 spiro atoms. The van der Waals surface area contributed by atoms with E-state index in [0.717, 1.165) is 43.5 Å². The molecule has 6 heteroatoms. The lowest BCUT2D eigenvalue weighted by atomic mass is 9.49. The van der Waals surface area contributed by atoms with E-state index in [4.69, 9.17) is 0 Å². The summed E-state index contributed by atoms with van der Waals surface area (Å²) in [5.74, 6) is 1.96. The van der Waals surface area contributed by atoms with Gasteiger partial charge in [-0.1, -0.05) is 75.8 Å². The highest BCUT2D eigenvalue weighted by Crippen LogP contribution is 2.57. The van der Waals surface area contributed by atoms with Crippen molar-refractivity contribution in [1.29, 1.82) is 0 Å². The van der Waals surface area contributed by atoms with Crippen molar-refractivity contribution in [3.63, 3.8) is 0 Å². The number of thiazole rings is 1. The molecule has 0 bridgehead atoms. The van der Waals surface area contributed by atoms with Gasteiger partial charge in [0.05, 0.1) is 4.53 Å². The Hall–Kier alpha value is -2.99. The van der Waals surface area contributed by atoms with Crippen LogP contribution in [-0.2, 0) is 17.3 Å². The lowest BCUT2D eigenvalue weighted by Crippen LogP contribution is -2.52. The van der Waals surface area contributed by atoms with E-state index in [-0.39, 0.29) is 22.1 Å². The SMILES string of the molecule is CC(C)c1ccc2c(c1)CC[C@H]1[C@](C)(c3nnc4s/c(=C\c5ccc(O)cc5)c(=O)n34)CCC[C@]21C. The highest BCUT2D eigenvalue weighted by atomic mass is 32.1. The van der Waals surface area contributed by atoms with Crippen molar-refractivity contribution in [2.45, 2.75) is 76.5 Å². The van der Waals surface area contributed by atoms with Crippen LogP contribution >= 0.6 is 11.3 Å². The van der Waals surface area contributed by atoms with Crippen LogP contribution in [0, 0.1) is 5.92 Å². The Morgan fingerprint density at radius 3 is 2.58 bits per heavy atom. The fourth-order valence-corrected chi connectivity index (χ4v) is 8.01. The number of hydrogen-bond donors (Lipinski definition) is 1. The third-order valence-corrected chi connectivity index (χ3v) is 9.95. The summed E-state index contributed by atoms with van der Waals surface area (Å²) in [5.41, 5.74) is 5.07. The monoisotopic (exact) mass is 499 g/mol. The Balaban J connectivity index is 1.45. The minimum atomic E-state index is -0.225. The van der Waals surface area contributed by atoms with Crippen LogP contribution in [0.15, 0.2) is 47.3 Å². The number of fused-ring (bicyclic) bond motifs is 4. The maximum absolute atomic E-state index is 13.6. The van der Waals surface area contributed by atoms with Gasteiger partial charge in [-0.25, -0.2) is 4.40 Å². The number of nitrogens with zero attached hydrogens (tertiary/aromatic N) is 3. The summed E-state index contributed by atoms with van der Waals surface area (Å²) >= 11 is 1.39. The number of aromatic nitrogens is 3. The predicted octanol–water partition coefficient (Wildman–Crippen LogP) is 5.49. The lowest BCUT2D eigenvalue weighted by molar-refractivity contribution is 0.0784. The van der Waals surface area contributed by atoms with E-state index in [2.05, 4.69) is 56.1 Å². The Morgan fingerprint density at radius 2 is 1.83 bits per heavy atom. The highest BCUT2D eigenvalue weighted by Gasteiger charge is 2.54. The van der Waals surface area contributed by atoms with Crippen LogP contribution in [0.5, 0.6) is 5.75 Å². The zero-order valence-electron chi connectivity index (χ0n) is 21.4. The molecular weight excluding hydrogens is 466 g/mol. The minimum Gasteiger partial charge on any atom is -0.508 e. The van der Waals surface area contributed by atoms with Crippen molar-refractivity contribution >= 4 is 22.4 Å². The summed E-state index contributed by atoms with van der Waals surface area (Å²) in [5, 5.41) is 18.7. The van der Waals surface area contributed by atoms with E-state index < -0.39 is 0 Å². The number of benzene rings is 2. The highest BCUT2D eigenvalue weighted by molar-refractivity contribution is 7.15. The number of hydrogen-bond acceptors (Lipinski definition) is 5. The Morgan fingerprint density at radius 1 is 1.08 bits per heavy atom. The van der Waals surface area contributed by atoms with Gasteiger partial charge in [0, 0.05) is 5.41 Å². The summed E-state index contributed by atoms with van der Waals surface area (Å²) in [7, 11) is 0. The quantitative estimate of drug-likeness (QED) is 0.405. The first kappa shape index (κ1) is 23.4. The smallest absolute Gasteiger partial charge is 0.275 e. The number of aryl methyl sites for hydroxylation is 1. The van der Waals surface area contributed by atoms with E-state index in [1.807, 2.05) is 18.2 Å². The van der Waals surface area contributed by atoms with Gasteiger partial charge in [0.15, 0.2) is 0 Å². The molecule has 2 heterocycles. The maximum Gasteiger partial charge on any atom is 0.275 e. The normalized spacial score (nSPS) is 26.4. The second-order valence-corrected chi connectivity index (χ2v) is 12.5. The Bertz CT molecular complexity index is 1570. The molecule has 0 saturated heterocycles. The molecule has 3 atom stereocenters. The van der Waals surface area contributed by atoms with Crippen molar-refractivity contribution in [3.05, 3.63) is 85.4 Å². The van der Waals surface area contributed by atoms with Crippen LogP contribution in [0.1, 0.15) is 87.4 Å². The van der Waals surface area contributed by atoms with E-state index >= 15 is 0 Å². The molecule has 2 aliphatic carbocycles. The van der Waals surface area contributed by atoms with Crippen molar-refractivity contribution in [3.8, 4) is 5.75 Å². The standard InChI is InChI=1S/C30H33N3O2S/c1-18(2)20-8-12-23-21(17-20)9-13-25-29(23,3)14-5-15-30(25,4)27-31-32-28-33(27)26(35)24(36-28)16-19-6-10-22(34)11-7-19/h6-8,10-12,16-18,25,34H,5,9,13-15H2,1-4H3/b24-16-/t25-,29-,30-/m1/s1. The minimum absolute atomic E-state index is 0.0469. The molecule has 0 aliphatic heterocycles. The van der Waals surface area contributed by atoms with Crippen LogP contribution in [0.2, 0.25) is 0 Å². The fourth-order valence-electron chi connectivity index (χ4n) is 7.09. The second-order valence-electron chi connectivity index (χ2n) is 11.5. The summed E-state index contributed by atoms with van der Waals surface area (Å²) in [6, 6.07) is 14.0. The topological polar surface area (TPSA) is 67.5 Å². The van der Waals surface area contributed by atoms with E-state index in [1.165, 1.54) is 28.0 Å². The average Bonchev–Trinajstić information content (AvgIpc) is 3.40. The zero-order valence-corrected chi connectivity index (χ0v) is 22.2. The third kappa shape index (κ3) is 3.45. The van der Waals surface area contributed by atoms with Gasteiger partial charge in [0.2, 0.25) is 4.96 Å². The molecule has 6 rings (SSSR count). The first-order chi connectivity index (χ1) is 17.2. The molecule has 0 amide bonds. The van der Waals surface area contributed by atoms with Crippen molar-refractivity contribution in [1.82, 2.24) is 14.6 Å². The van der Waals surface area contributed by atoms with Crippen molar-refractivity contribution in [2.24, 2.45) is 5.92 Å². The summed E-state index contributed by atoms with van der Waals surface area (Å²) in [6.45, 7) is 9.28. The van der Waals surface area contributed by atoms with Crippen LogP contribution in [0.4, 0.5) is 0 Å². The van der Waals surface area contributed by atoms with Gasteiger partial charge < -0.3 is 5.11 Å². The molecule has 186 valence electrons. The van der Waals surface area contributed by atoms with Gasteiger partial charge in [-0.2, -0.15) is 0 Å². The number of aromatic hydroxyl groups is 1. The van der Waals surface area contributed by atoms with Crippen LogP contribution < -0.4 is 10.1 Å². The fraction of sp³-hybridized carbons (Fsp3) is 0.433. The van der Waals surface area contributed by atoms with Gasteiger partial charge in [0.25, 0.3) is 5.56 Å². The van der Waals surface area contributed by atoms with Gasteiger partial charge in [0.1, 0.15) is 11.6 Å².